The van der Waals surface area contributed by atoms with E-state index < -0.39 is 0 Å². The lowest BCUT2D eigenvalue weighted by Crippen LogP contribution is -1.91. The molecule has 0 aliphatic heterocycles. The average molecular weight is 182 g/mol. The number of hydrogen-bond acceptors (Lipinski definition) is 2. The van der Waals surface area contributed by atoms with Gasteiger partial charge in [-0.2, -0.15) is 0 Å². The Kier molecular flexibility index (Phi) is 3.63. The van der Waals surface area contributed by atoms with Crippen LogP contribution in [0.4, 0.5) is 0 Å². The Bertz CT molecular complexity index is 230. The van der Waals surface area contributed by atoms with E-state index in [1.54, 1.807) is 0 Å². The van der Waals surface area contributed by atoms with Gasteiger partial charge in [-0.15, -0.1) is 11.8 Å². The van der Waals surface area contributed by atoms with Crippen molar-refractivity contribution in [3.63, 3.8) is 0 Å². The molecular weight excluding hydrogens is 168 g/mol. The van der Waals surface area contributed by atoms with Crippen molar-refractivity contribution in [1.29, 1.82) is 0 Å². The normalized spacial score (nSPS) is 12.9. The summed E-state index contributed by atoms with van der Waals surface area (Å²) in [6.45, 7) is 2.13. The summed E-state index contributed by atoms with van der Waals surface area (Å²) in [6, 6.07) is 8.10. The second-order valence-electron chi connectivity index (χ2n) is 2.68. The van der Waals surface area contributed by atoms with E-state index in [-0.39, 0.29) is 5.44 Å². The highest BCUT2D eigenvalue weighted by atomic mass is 32.2. The maximum atomic E-state index is 9.46. The van der Waals surface area contributed by atoms with Gasteiger partial charge in [0.05, 0.1) is 0 Å². The molecule has 0 aliphatic carbocycles. The molecule has 2 heteroatoms. The molecule has 0 bridgehead atoms. The van der Waals surface area contributed by atoms with Crippen LogP contribution in [-0.2, 0) is 6.42 Å². The highest BCUT2D eigenvalue weighted by Gasteiger charge is 2.03. The molecule has 0 fully saturated rings. The minimum atomic E-state index is -0.379. The fraction of sp³-hybridized carbons (Fsp3) is 0.400. The van der Waals surface area contributed by atoms with E-state index in [1.165, 1.54) is 17.3 Å². The van der Waals surface area contributed by atoms with Crippen molar-refractivity contribution in [1.82, 2.24) is 0 Å². The van der Waals surface area contributed by atoms with Crippen LogP contribution in [0.2, 0.25) is 0 Å². The Morgan fingerprint density at radius 1 is 1.33 bits per heavy atom. The number of aliphatic hydroxyl groups is 1. The summed E-state index contributed by atoms with van der Waals surface area (Å²) in [6.07, 6.45) is 2.95. The van der Waals surface area contributed by atoms with Gasteiger partial charge in [-0.1, -0.05) is 31.2 Å². The Morgan fingerprint density at radius 2 is 1.92 bits per heavy atom. The van der Waals surface area contributed by atoms with Crippen LogP contribution < -0.4 is 0 Å². The largest absolute Gasteiger partial charge is 0.378 e. The highest BCUT2D eigenvalue weighted by molar-refractivity contribution is 7.98. The molecule has 66 valence electrons. The minimum absolute atomic E-state index is 0.379. The first-order valence-electron chi connectivity index (χ1n) is 4.07. The Hall–Kier alpha value is -0.470. The molecular formula is C10H14OS. The van der Waals surface area contributed by atoms with Crippen molar-refractivity contribution >= 4 is 11.8 Å². The third-order valence-corrected chi connectivity index (χ3v) is 2.62. The molecule has 1 nitrogen and oxygen atoms in total. The Balaban J connectivity index is 2.77. The maximum absolute atomic E-state index is 9.46. The first-order valence-corrected chi connectivity index (χ1v) is 5.36. The van der Waals surface area contributed by atoms with Crippen molar-refractivity contribution in [3.8, 4) is 0 Å². The van der Waals surface area contributed by atoms with E-state index in [0.717, 1.165) is 12.0 Å². The standard InChI is InChI=1S/C10H14OS/c1-3-8-4-6-9(7-5-8)10(11)12-2/h4-7,10-11H,3H2,1-2H3. The molecule has 1 atom stereocenters. The molecule has 0 saturated carbocycles. The van der Waals surface area contributed by atoms with Gasteiger partial charge in [-0.3, -0.25) is 0 Å². The van der Waals surface area contributed by atoms with Crippen LogP contribution in [0.5, 0.6) is 0 Å². The molecule has 1 unspecified atom stereocenters. The second kappa shape index (κ2) is 4.53. The van der Waals surface area contributed by atoms with E-state index in [4.69, 9.17) is 0 Å². The number of benzene rings is 1. The van der Waals surface area contributed by atoms with Crippen LogP contribution in [0.25, 0.3) is 0 Å². The van der Waals surface area contributed by atoms with Crippen molar-refractivity contribution in [2.45, 2.75) is 18.8 Å². The summed E-state index contributed by atoms with van der Waals surface area (Å²) in [5.41, 5.74) is 1.92. The average Bonchev–Trinajstić information content (AvgIpc) is 2.17. The zero-order valence-corrected chi connectivity index (χ0v) is 8.27. The topological polar surface area (TPSA) is 20.2 Å². The van der Waals surface area contributed by atoms with Gasteiger partial charge in [0.2, 0.25) is 0 Å². The third kappa shape index (κ3) is 2.26. The van der Waals surface area contributed by atoms with Crippen molar-refractivity contribution in [2.75, 3.05) is 6.26 Å². The molecule has 1 aromatic rings. The van der Waals surface area contributed by atoms with E-state index in [1.807, 2.05) is 18.4 Å². The molecule has 1 rings (SSSR count). The van der Waals surface area contributed by atoms with Gasteiger partial charge in [-0.25, -0.2) is 0 Å². The van der Waals surface area contributed by atoms with Crippen molar-refractivity contribution in [3.05, 3.63) is 35.4 Å². The molecule has 1 aromatic carbocycles. The molecule has 0 saturated heterocycles. The fourth-order valence-corrected chi connectivity index (χ4v) is 1.48. The van der Waals surface area contributed by atoms with Crippen LogP contribution in [0.3, 0.4) is 0 Å². The molecule has 1 N–H and O–H groups in total. The van der Waals surface area contributed by atoms with Gasteiger partial charge in [0.15, 0.2) is 0 Å². The van der Waals surface area contributed by atoms with Gasteiger partial charge in [0, 0.05) is 0 Å². The van der Waals surface area contributed by atoms with Gasteiger partial charge in [-0.05, 0) is 23.8 Å². The molecule has 0 radical (unpaired) electrons. The molecule has 0 aromatic heterocycles. The number of hydrogen-bond donors (Lipinski definition) is 1. The summed E-state index contributed by atoms with van der Waals surface area (Å²) in [7, 11) is 0. The summed E-state index contributed by atoms with van der Waals surface area (Å²) < 4.78 is 0. The SMILES string of the molecule is CCc1ccc(C(O)SC)cc1. The van der Waals surface area contributed by atoms with Gasteiger partial charge in [0.25, 0.3) is 0 Å². The zero-order chi connectivity index (χ0) is 8.97. The van der Waals surface area contributed by atoms with E-state index in [9.17, 15) is 5.11 Å². The summed E-state index contributed by atoms with van der Waals surface area (Å²) in [4.78, 5) is 0. The third-order valence-electron chi connectivity index (χ3n) is 1.90. The fourth-order valence-electron chi connectivity index (χ4n) is 1.05. The van der Waals surface area contributed by atoms with Crippen LogP contribution in [0, 0.1) is 0 Å². The zero-order valence-electron chi connectivity index (χ0n) is 7.45. The van der Waals surface area contributed by atoms with Crippen LogP contribution in [0.15, 0.2) is 24.3 Å². The summed E-state index contributed by atoms with van der Waals surface area (Å²) >= 11 is 1.45. The minimum Gasteiger partial charge on any atom is -0.378 e. The predicted molar refractivity (Wildman–Crippen MR) is 54.3 cm³/mol. The van der Waals surface area contributed by atoms with E-state index in [0.29, 0.717) is 0 Å². The molecule has 12 heavy (non-hydrogen) atoms. The van der Waals surface area contributed by atoms with Gasteiger partial charge >= 0.3 is 0 Å². The lowest BCUT2D eigenvalue weighted by Gasteiger charge is -2.07. The molecule has 0 aliphatic rings. The molecule has 0 spiro atoms. The lowest BCUT2D eigenvalue weighted by atomic mass is 10.1. The van der Waals surface area contributed by atoms with E-state index >= 15 is 0 Å². The Morgan fingerprint density at radius 3 is 2.33 bits per heavy atom. The van der Waals surface area contributed by atoms with Gasteiger partial charge in [0.1, 0.15) is 5.44 Å². The number of aliphatic hydroxyl groups excluding tert-OH is 1. The second-order valence-corrected chi connectivity index (χ2v) is 3.60. The quantitative estimate of drug-likeness (QED) is 0.725. The first kappa shape index (κ1) is 9.62. The molecule has 0 heterocycles. The van der Waals surface area contributed by atoms with Crippen molar-refractivity contribution < 1.29 is 5.11 Å². The predicted octanol–water partition coefficient (Wildman–Crippen LogP) is 2.60. The lowest BCUT2D eigenvalue weighted by molar-refractivity contribution is 0.270. The number of aryl methyl sites for hydroxylation is 1. The van der Waals surface area contributed by atoms with Crippen LogP contribution in [0.1, 0.15) is 23.5 Å². The first-order chi connectivity index (χ1) is 5.77. The number of rotatable bonds is 3. The monoisotopic (exact) mass is 182 g/mol. The maximum Gasteiger partial charge on any atom is 0.124 e. The van der Waals surface area contributed by atoms with E-state index in [2.05, 4.69) is 19.1 Å². The summed E-state index contributed by atoms with van der Waals surface area (Å²) in [5, 5.41) is 9.46. The Labute approximate surface area is 77.8 Å². The van der Waals surface area contributed by atoms with Crippen molar-refractivity contribution in [2.24, 2.45) is 0 Å². The summed E-state index contributed by atoms with van der Waals surface area (Å²) in [5.74, 6) is 0. The smallest absolute Gasteiger partial charge is 0.124 e. The van der Waals surface area contributed by atoms with Crippen LogP contribution in [-0.4, -0.2) is 11.4 Å². The highest BCUT2D eigenvalue weighted by Crippen LogP contribution is 2.23. The molecule has 0 amide bonds. The van der Waals surface area contributed by atoms with Crippen LogP contribution >= 0.6 is 11.8 Å². The number of thioether (sulfide) groups is 1. The van der Waals surface area contributed by atoms with Gasteiger partial charge < -0.3 is 5.11 Å².